The number of carbonyl (C=O) groups excluding carboxylic acids is 1. The summed E-state index contributed by atoms with van der Waals surface area (Å²) in [5, 5.41) is 2.70. The summed E-state index contributed by atoms with van der Waals surface area (Å²) in [7, 11) is 0. The van der Waals surface area contributed by atoms with Gasteiger partial charge in [-0.05, 0) is 19.1 Å². The van der Waals surface area contributed by atoms with Gasteiger partial charge in [0.25, 0.3) is 5.56 Å². The third kappa shape index (κ3) is 4.33. The van der Waals surface area contributed by atoms with Gasteiger partial charge in [-0.15, -0.1) is 0 Å². The monoisotopic (exact) mass is 398 g/mol. The average molecular weight is 398 g/mol. The van der Waals surface area contributed by atoms with Crippen LogP contribution in [0, 0.1) is 0 Å². The number of alkyl halides is 3. The molecule has 0 unspecified atom stereocenters. The van der Waals surface area contributed by atoms with Crippen molar-refractivity contribution in [2.75, 3.05) is 39.4 Å². The first-order valence-corrected chi connectivity index (χ1v) is 8.95. The molecule has 1 aromatic carbocycles. The number of nitrogens with one attached hydrogen (secondary N) is 1. The lowest BCUT2D eigenvalue weighted by molar-refractivity contribution is -0.142. The number of halogens is 3. The molecule has 2 aromatic rings. The summed E-state index contributed by atoms with van der Waals surface area (Å²) < 4.78 is 45.8. The fraction of sp³-hybridized carbons (Fsp3) is 0.500. The predicted molar refractivity (Wildman–Crippen MR) is 96.0 cm³/mol. The topological polar surface area (TPSA) is 76.5 Å². The molecule has 1 saturated heterocycles. The summed E-state index contributed by atoms with van der Waals surface area (Å²) in [6.45, 7) is 5.10. The Balaban J connectivity index is 1.83. The van der Waals surface area contributed by atoms with Crippen molar-refractivity contribution in [3.05, 3.63) is 40.3 Å². The van der Waals surface area contributed by atoms with E-state index < -0.39 is 29.4 Å². The highest BCUT2D eigenvalue weighted by Gasteiger charge is 2.38. The molecule has 152 valence electrons. The van der Waals surface area contributed by atoms with Gasteiger partial charge in [-0.25, -0.2) is 4.98 Å². The number of morpholine rings is 1. The number of fused-ring (bicyclic) bond motifs is 1. The van der Waals surface area contributed by atoms with E-state index in [4.69, 9.17) is 4.74 Å². The Morgan fingerprint density at radius 2 is 1.96 bits per heavy atom. The van der Waals surface area contributed by atoms with Gasteiger partial charge in [0, 0.05) is 26.2 Å². The Morgan fingerprint density at radius 3 is 2.64 bits per heavy atom. The standard InChI is InChI=1S/C18H21F3N4O3/c1-12(16(26)22-6-7-24-8-10-28-11-9-24)25-14-5-3-2-4-13(14)23-15(17(25)27)18(19,20)21/h2-5,12H,6-11H2,1H3,(H,22,26)/t12-/m0/s1. The minimum absolute atomic E-state index is 0.00221. The lowest BCUT2D eigenvalue weighted by Gasteiger charge is -2.27. The molecular weight excluding hydrogens is 377 g/mol. The molecule has 1 aromatic heterocycles. The zero-order valence-corrected chi connectivity index (χ0v) is 15.3. The number of aromatic nitrogens is 2. The van der Waals surface area contributed by atoms with E-state index in [2.05, 4.69) is 15.2 Å². The van der Waals surface area contributed by atoms with Crippen LogP contribution in [0.5, 0.6) is 0 Å². The number of carbonyl (C=O) groups is 1. The third-order valence-corrected chi connectivity index (χ3v) is 4.66. The molecule has 1 fully saturated rings. The van der Waals surface area contributed by atoms with Crippen LogP contribution in [0.2, 0.25) is 0 Å². The second kappa shape index (κ2) is 8.27. The number of hydrogen-bond acceptors (Lipinski definition) is 5. The number of benzene rings is 1. The fourth-order valence-corrected chi connectivity index (χ4v) is 3.15. The molecule has 1 aliphatic rings. The van der Waals surface area contributed by atoms with Crippen molar-refractivity contribution in [1.82, 2.24) is 19.8 Å². The van der Waals surface area contributed by atoms with Gasteiger partial charge in [0.15, 0.2) is 0 Å². The Kier molecular flexibility index (Phi) is 5.99. The molecule has 3 rings (SSSR count). The maximum absolute atomic E-state index is 13.2. The molecule has 10 heteroatoms. The quantitative estimate of drug-likeness (QED) is 0.825. The summed E-state index contributed by atoms with van der Waals surface area (Å²) >= 11 is 0. The van der Waals surface area contributed by atoms with Gasteiger partial charge in [-0.3, -0.25) is 19.1 Å². The van der Waals surface area contributed by atoms with Crippen LogP contribution < -0.4 is 10.9 Å². The van der Waals surface area contributed by atoms with Gasteiger partial charge in [0.2, 0.25) is 11.6 Å². The fourth-order valence-electron chi connectivity index (χ4n) is 3.15. The van der Waals surface area contributed by atoms with Crippen LogP contribution in [0.1, 0.15) is 18.7 Å². The van der Waals surface area contributed by atoms with Crippen molar-refractivity contribution in [3.63, 3.8) is 0 Å². The number of ether oxygens (including phenoxy) is 1. The molecule has 1 aliphatic heterocycles. The molecule has 0 aliphatic carbocycles. The molecule has 0 radical (unpaired) electrons. The number of rotatable bonds is 5. The normalized spacial score (nSPS) is 16.9. The molecule has 0 spiro atoms. The van der Waals surface area contributed by atoms with Crippen LogP contribution in [-0.2, 0) is 15.7 Å². The predicted octanol–water partition coefficient (Wildman–Crippen LogP) is 1.42. The highest BCUT2D eigenvalue weighted by atomic mass is 19.4. The van der Waals surface area contributed by atoms with Gasteiger partial charge in [-0.2, -0.15) is 13.2 Å². The van der Waals surface area contributed by atoms with E-state index in [1.807, 2.05) is 0 Å². The third-order valence-electron chi connectivity index (χ3n) is 4.66. The highest BCUT2D eigenvalue weighted by Crippen LogP contribution is 2.27. The van der Waals surface area contributed by atoms with E-state index in [9.17, 15) is 22.8 Å². The van der Waals surface area contributed by atoms with E-state index in [1.165, 1.54) is 25.1 Å². The number of para-hydroxylation sites is 2. The van der Waals surface area contributed by atoms with Crippen LogP contribution >= 0.6 is 0 Å². The lowest BCUT2D eigenvalue weighted by atomic mass is 10.2. The minimum Gasteiger partial charge on any atom is -0.379 e. The van der Waals surface area contributed by atoms with E-state index in [0.29, 0.717) is 26.3 Å². The first-order chi connectivity index (χ1) is 13.3. The van der Waals surface area contributed by atoms with Crippen LogP contribution in [-0.4, -0.2) is 59.8 Å². The van der Waals surface area contributed by atoms with Gasteiger partial charge in [0.1, 0.15) is 6.04 Å². The first-order valence-electron chi connectivity index (χ1n) is 8.95. The first kappa shape index (κ1) is 20.3. The maximum Gasteiger partial charge on any atom is 0.438 e. The van der Waals surface area contributed by atoms with Crippen LogP contribution in [0.4, 0.5) is 13.2 Å². The van der Waals surface area contributed by atoms with Gasteiger partial charge in [0.05, 0.1) is 24.2 Å². The summed E-state index contributed by atoms with van der Waals surface area (Å²) in [6.07, 6.45) is -4.91. The lowest BCUT2D eigenvalue weighted by Crippen LogP contribution is -2.43. The van der Waals surface area contributed by atoms with Crippen LogP contribution in [0.25, 0.3) is 11.0 Å². The van der Waals surface area contributed by atoms with E-state index in [1.54, 1.807) is 6.07 Å². The average Bonchev–Trinajstić information content (AvgIpc) is 2.67. The zero-order valence-electron chi connectivity index (χ0n) is 15.3. The number of nitrogens with zero attached hydrogens (tertiary/aromatic N) is 3. The van der Waals surface area contributed by atoms with E-state index >= 15 is 0 Å². The molecule has 7 nitrogen and oxygen atoms in total. The molecule has 1 amide bonds. The van der Waals surface area contributed by atoms with E-state index in [0.717, 1.165) is 17.7 Å². The van der Waals surface area contributed by atoms with Crippen molar-refractivity contribution in [2.24, 2.45) is 0 Å². The summed E-state index contributed by atoms with van der Waals surface area (Å²) in [5.74, 6) is -0.528. The Labute approximate surface area is 159 Å². The minimum atomic E-state index is -4.91. The molecule has 28 heavy (non-hydrogen) atoms. The van der Waals surface area contributed by atoms with Gasteiger partial charge in [-0.1, -0.05) is 12.1 Å². The Hall–Kier alpha value is -2.46. The maximum atomic E-state index is 13.2. The molecule has 2 heterocycles. The van der Waals surface area contributed by atoms with Crippen LogP contribution in [0.3, 0.4) is 0 Å². The van der Waals surface area contributed by atoms with E-state index in [-0.39, 0.29) is 11.0 Å². The number of amides is 1. The van der Waals surface area contributed by atoms with Crippen molar-refractivity contribution in [3.8, 4) is 0 Å². The largest absolute Gasteiger partial charge is 0.438 e. The van der Waals surface area contributed by atoms with Gasteiger partial charge >= 0.3 is 6.18 Å². The number of hydrogen-bond donors (Lipinski definition) is 1. The SMILES string of the molecule is C[C@@H](C(=O)NCCN1CCOCC1)n1c(=O)c(C(F)(F)F)nc2ccccc21. The smallest absolute Gasteiger partial charge is 0.379 e. The van der Waals surface area contributed by atoms with Gasteiger partial charge < -0.3 is 10.1 Å². The van der Waals surface area contributed by atoms with Crippen LogP contribution in [0.15, 0.2) is 29.1 Å². The zero-order chi connectivity index (χ0) is 20.3. The molecule has 0 bridgehead atoms. The second-order valence-corrected chi connectivity index (χ2v) is 6.54. The molecule has 1 N–H and O–H groups in total. The summed E-state index contributed by atoms with van der Waals surface area (Å²) in [6, 6.07) is 4.84. The van der Waals surface area contributed by atoms with Crippen molar-refractivity contribution < 1.29 is 22.7 Å². The second-order valence-electron chi connectivity index (χ2n) is 6.54. The Bertz CT molecular complexity index is 907. The van der Waals surface area contributed by atoms with Crippen molar-refractivity contribution in [2.45, 2.75) is 19.1 Å². The highest BCUT2D eigenvalue weighted by molar-refractivity contribution is 5.83. The molecule has 0 saturated carbocycles. The summed E-state index contributed by atoms with van der Waals surface area (Å²) in [4.78, 5) is 30.6. The van der Waals surface area contributed by atoms with Crippen molar-refractivity contribution >= 4 is 16.9 Å². The Morgan fingerprint density at radius 1 is 1.29 bits per heavy atom. The molecule has 1 atom stereocenters. The molecular formula is C18H21F3N4O3. The summed E-state index contributed by atoms with van der Waals surface area (Å²) in [5.41, 5.74) is -2.68. The van der Waals surface area contributed by atoms with Crippen molar-refractivity contribution in [1.29, 1.82) is 0 Å².